The average molecular weight is 449 g/mol. The largest absolute Gasteiger partial charge is 0.493 e. The molecule has 1 aliphatic carbocycles. The van der Waals surface area contributed by atoms with Crippen molar-refractivity contribution in [2.45, 2.75) is 57.8 Å². The number of methoxy groups -OCH3 is 1. The molecule has 1 heterocycles. The Labute approximate surface area is 192 Å². The van der Waals surface area contributed by atoms with E-state index < -0.39 is 5.60 Å². The molecule has 1 saturated carbocycles. The molecule has 1 saturated heterocycles. The Balaban J connectivity index is 1.58. The summed E-state index contributed by atoms with van der Waals surface area (Å²) in [5.74, 6) is 2.23. The fourth-order valence-corrected chi connectivity index (χ4v) is 4.18. The lowest BCUT2D eigenvalue weighted by atomic mass is 10.1. The van der Waals surface area contributed by atoms with Crippen LogP contribution >= 0.6 is 0 Å². The van der Waals surface area contributed by atoms with Gasteiger partial charge in [-0.1, -0.05) is 6.07 Å². The lowest BCUT2D eigenvalue weighted by Gasteiger charge is -2.34. The van der Waals surface area contributed by atoms with Gasteiger partial charge in [-0.15, -0.1) is 0 Å². The molecule has 3 N–H and O–H groups in total. The molecule has 180 valence electrons. The van der Waals surface area contributed by atoms with E-state index in [-0.39, 0.29) is 6.10 Å². The molecule has 1 aliphatic heterocycles. The number of hydrogen-bond acceptors (Lipinski definition) is 6. The van der Waals surface area contributed by atoms with Crippen LogP contribution in [0, 0.1) is 0 Å². The number of ether oxygens (including phenoxy) is 3. The first-order chi connectivity index (χ1) is 15.5. The van der Waals surface area contributed by atoms with E-state index in [1.54, 1.807) is 7.11 Å². The second-order valence-electron chi connectivity index (χ2n) is 8.94. The van der Waals surface area contributed by atoms with Gasteiger partial charge in [0.05, 0.1) is 38.6 Å². The molecule has 0 spiro atoms. The van der Waals surface area contributed by atoms with E-state index in [0.29, 0.717) is 25.6 Å². The van der Waals surface area contributed by atoms with E-state index in [2.05, 4.69) is 15.5 Å². The summed E-state index contributed by atoms with van der Waals surface area (Å²) < 4.78 is 17.1. The average Bonchev–Trinajstić information content (AvgIpc) is 3.29. The van der Waals surface area contributed by atoms with Crippen LogP contribution in [-0.4, -0.2) is 80.7 Å². The summed E-state index contributed by atoms with van der Waals surface area (Å²) in [7, 11) is 1.67. The molecule has 0 aromatic heterocycles. The van der Waals surface area contributed by atoms with Crippen LogP contribution in [0.3, 0.4) is 0 Å². The summed E-state index contributed by atoms with van der Waals surface area (Å²) in [6, 6.07) is 5.99. The highest BCUT2D eigenvalue weighted by molar-refractivity contribution is 5.79. The Morgan fingerprint density at radius 1 is 1.22 bits per heavy atom. The normalized spacial score (nSPS) is 20.1. The fourth-order valence-electron chi connectivity index (χ4n) is 4.18. The highest BCUT2D eigenvalue weighted by Crippen LogP contribution is 2.32. The Morgan fingerprint density at radius 2 is 1.97 bits per heavy atom. The number of aliphatic imine (C=N–C) groups is 1. The third-order valence-corrected chi connectivity index (χ3v) is 5.89. The molecular weight excluding hydrogens is 408 g/mol. The molecule has 2 fully saturated rings. The molecule has 8 heteroatoms. The summed E-state index contributed by atoms with van der Waals surface area (Å²) in [6.45, 7) is 9.31. The highest BCUT2D eigenvalue weighted by atomic mass is 16.5. The SMILES string of the molecule is CCNC(=NCc1ccc(OC)c(OC2CCCC2)c1)NCC(C)(O)CN1CCOCC1. The molecule has 8 nitrogen and oxygen atoms in total. The summed E-state index contributed by atoms with van der Waals surface area (Å²) in [6.07, 6.45) is 4.93. The first-order valence-corrected chi connectivity index (χ1v) is 11.9. The van der Waals surface area contributed by atoms with Gasteiger partial charge < -0.3 is 30.0 Å². The van der Waals surface area contributed by atoms with Crippen LogP contribution in [0.2, 0.25) is 0 Å². The van der Waals surface area contributed by atoms with Gasteiger partial charge in [-0.05, 0) is 57.2 Å². The first kappa shape index (κ1) is 24.6. The maximum Gasteiger partial charge on any atom is 0.191 e. The smallest absolute Gasteiger partial charge is 0.191 e. The minimum atomic E-state index is -0.865. The number of benzene rings is 1. The molecule has 1 aromatic carbocycles. The number of nitrogens with zero attached hydrogens (tertiary/aromatic N) is 2. The monoisotopic (exact) mass is 448 g/mol. The lowest BCUT2D eigenvalue weighted by molar-refractivity contribution is -0.0201. The van der Waals surface area contributed by atoms with Crippen molar-refractivity contribution in [3.05, 3.63) is 23.8 Å². The number of guanidine groups is 1. The second kappa shape index (κ2) is 12.3. The van der Waals surface area contributed by atoms with Crippen molar-refractivity contribution in [2.24, 2.45) is 4.99 Å². The minimum Gasteiger partial charge on any atom is -0.493 e. The van der Waals surface area contributed by atoms with Crippen LogP contribution in [0.25, 0.3) is 0 Å². The highest BCUT2D eigenvalue weighted by Gasteiger charge is 2.25. The van der Waals surface area contributed by atoms with Gasteiger partial charge in [-0.2, -0.15) is 0 Å². The molecular formula is C24H40N4O4. The number of nitrogens with one attached hydrogen (secondary N) is 2. The molecule has 1 unspecified atom stereocenters. The van der Waals surface area contributed by atoms with E-state index in [1.165, 1.54) is 12.8 Å². The van der Waals surface area contributed by atoms with E-state index in [1.807, 2.05) is 32.0 Å². The topological polar surface area (TPSA) is 87.6 Å². The van der Waals surface area contributed by atoms with E-state index in [4.69, 9.17) is 19.2 Å². The van der Waals surface area contributed by atoms with Crippen LogP contribution in [0.1, 0.15) is 45.1 Å². The van der Waals surface area contributed by atoms with E-state index >= 15 is 0 Å². The zero-order valence-corrected chi connectivity index (χ0v) is 19.9. The zero-order chi connectivity index (χ0) is 22.8. The Morgan fingerprint density at radius 3 is 2.66 bits per heavy atom. The summed E-state index contributed by atoms with van der Waals surface area (Å²) >= 11 is 0. The van der Waals surface area contributed by atoms with E-state index in [0.717, 1.165) is 62.8 Å². The first-order valence-electron chi connectivity index (χ1n) is 11.9. The third-order valence-electron chi connectivity index (χ3n) is 5.89. The van der Waals surface area contributed by atoms with Gasteiger partial charge in [0, 0.05) is 32.7 Å². The minimum absolute atomic E-state index is 0.273. The standard InChI is InChI=1S/C24H40N4O4/c1-4-25-23(27-17-24(2,29)18-28-11-13-31-14-12-28)26-16-19-9-10-21(30-3)22(15-19)32-20-7-5-6-8-20/h9-10,15,20,29H,4-8,11-14,16-18H2,1-3H3,(H2,25,26,27). The lowest BCUT2D eigenvalue weighted by Crippen LogP contribution is -2.52. The molecule has 0 amide bonds. The van der Waals surface area contributed by atoms with Crippen molar-refractivity contribution in [1.29, 1.82) is 0 Å². The number of rotatable bonds is 10. The molecule has 1 aromatic rings. The van der Waals surface area contributed by atoms with Crippen molar-refractivity contribution < 1.29 is 19.3 Å². The Bertz CT molecular complexity index is 729. The van der Waals surface area contributed by atoms with Gasteiger partial charge in [-0.25, -0.2) is 4.99 Å². The van der Waals surface area contributed by atoms with E-state index in [9.17, 15) is 5.11 Å². The third kappa shape index (κ3) is 7.83. The van der Waals surface area contributed by atoms with Crippen molar-refractivity contribution in [1.82, 2.24) is 15.5 Å². The fraction of sp³-hybridized carbons (Fsp3) is 0.708. The predicted octanol–water partition coefficient (Wildman–Crippen LogP) is 2.15. The predicted molar refractivity (Wildman–Crippen MR) is 127 cm³/mol. The number of β-amino-alcohol motifs (C(OH)–C–C–N with tert-alkyl or cyclic N) is 1. The quantitative estimate of drug-likeness (QED) is 0.373. The Hall–Kier alpha value is -2.03. The summed E-state index contributed by atoms with van der Waals surface area (Å²) in [5, 5.41) is 17.4. The van der Waals surface area contributed by atoms with Crippen LogP contribution < -0.4 is 20.1 Å². The van der Waals surface area contributed by atoms with Crippen LogP contribution in [-0.2, 0) is 11.3 Å². The second-order valence-corrected chi connectivity index (χ2v) is 8.94. The van der Waals surface area contributed by atoms with Crippen molar-refractivity contribution in [3.8, 4) is 11.5 Å². The van der Waals surface area contributed by atoms with Crippen molar-refractivity contribution in [3.63, 3.8) is 0 Å². The van der Waals surface area contributed by atoms with Crippen molar-refractivity contribution in [2.75, 3.05) is 53.0 Å². The number of morpholine rings is 1. The van der Waals surface area contributed by atoms with Gasteiger partial charge in [0.25, 0.3) is 0 Å². The van der Waals surface area contributed by atoms with Gasteiger partial charge in [0.15, 0.2) is 17.5 Å². The van der Waals surface area contributed by atoms with Gasteiger partial charge >= 0.3 is 0 Å². The number of aliphatic hydroxyl groups is 1. The van der Waals surface area contributed by atoms with Crippen LogP contribution in [0.15, 0.2) is 23.2 Å². The van der Waals surface area contributed by atoms with Crippen molar-refractivity contribution >= 4 is 5.96 Å². The molecule has 2 aliphatic rings. The molecule has 0 radical (unpaired) electrons. The van der Waals surface area contributed by atoms with Crippen LogP contribution in [0.4, 0.5) is 0 Å². The summed E-state index contributed by atoms with van der Waals surface area (Å²) in [5.41, 5.74) is 0.187. The Kier molecular flexibility index (Phi) is 9.44. The molecule has 0 bridgehead atoms. The van der Waals surface area contributed by atoms with Gasteiger partial charge in [0.1, 0.15) is 0 Å². The maximum atomic E-state index is 10.8. The van der Waals surface area contributed by atoms with Crippen LogP contribution in [0.5, 0.6) is 11.5 Å². The van der Waals surface area contributed by atoms with Gasteiger partial charge in [0.2, 0.25) is 0 Å². The zero-order valence-electron chi connectivity index (χ0n) is 19.9. The molecule has 32 heavy (non-hydrogen) atoms. The van der Waals surface area contributed by atoms with Gasteiger partial charge in [-0.3, -0.25) is 4.90 Å². The maximum absolute atomic E-state index is 10.8. The molecule has 1 atom stereocenters. The number of hydrogen-bond donors (Lipinski definition) is 3. The summed E-state index contributed by atoms with van der Waals surface area (Å²) in [4.78, 5) is 6.95. The molecule has 3 rings (SSSR count).